The zero-order valence-corrected chi connectivity index (χ0v) is 12.2. The third-order valence-electron chi connectivity index (χ3n) is 3.82. The first-order valence-corrected chi connectivity index (χ1v) is 7.29. The predicted octanol–water partition coefficient (Wildman–Crippen LogP) is 1.79. The molecule has 1 fully saturated rings. The van der Waals surface area contributed by atoms with Crippen LogP contribution in [0.15, 0.2) is 0 Å². The molecule has 1 saturated heterocycles. The summed E-state index contributed by atoms with van der Waals surface area (Å²) in [5.74, 6) is 0. The number of likely N-dealkylation sites (N-methyl/N-ethyl adjacent to an activating group) is 1. The second kappa shape index (κ2) is 8.06. The van der Waals surface area contributed by atoms with Crippen molar-refractivity contribution in [2.24, 2.45) is 0 Å². The molecule has 1 rings (SSSR count). The van der Waals surface area contributed by atoms with E-state index in [9.17, 15) is 0 Å². The molecule has 1 unspecified atom stereocenters. The van der Waals surface area contributed by atoms with Gasteiger partial charge in [-0.05, 0) is 39.4 Å². The Bertz CT molecular complexity index is 188. The first-order valence-electron chi connectivity index (χ1n) is 7.29. The first kappa shape index (κ1) is 14.9. The van der Waals surface area contributed by atoms with Crippen LogP contribution < -0.4 is 5.32 Å². The van der Waals surface area contributed by atoms with E-state index in [-0.39, 0.29) is 0 Å². The summed E-state index contributed by atoms with van der Waals surface area (Å²) in [4.78, 5) is 5.12. The molecule has 1 atom stereocenters. The summed E-state index contributed by atoms with van der Waals surface area (Å²) in [6.45, 7) is 12.9. The van der Waals surface area contributed by atoms with E-state index in [2.05, 4.69) is 42.9 Å². The molecular formula is C14H31N3. The molecule has 0 bridgehead atoms. The van der Waals surface area contributed by atoms with Gasteiger partial charge in [0.15, 0.2) is 0 Å². The smallest absolute Gasteiger partial charge is 0.0215 e. The second-order valence-electron chi connectivity index (χ2n) is 5.65. The van der Waals surface area contributed by atoms with Crippen molar-refractivity contribution in [3.05, 3.63) is 0 Å². The fourth-order valence-corrected chi connectivity index (χ4v) is 2.47. The van der Waals surface area contributed by atoms with E-state index in [1.807, 2.05) is 0 Å². The molecule has 3 nitrogen and oxygen atoms in total. The van der Waals surface area contributed by atoms with Gasteiger partial charge in [0.1, 0.15) is 0 Å². The van der Waals surface area contributed by atoms with E-state index < -0.39 is 0 Å². The number of hydrogen-bond donors (Lipinski definition) is 1. The Morgan fingerprint density at radius 2 is 1.88 bits per heavy atom. The van der Waals surface area contributed by atoms with Gasteiger partial charge in [0.25, 0.3) is 0 Å². The topological polar surface area (TPSA) is 18.5 Å². The quantitative estimate of drug-likeness (QED) is 0.699. The van der Waals surface area contributed by atoms with Gasteiger partial charge in [-0.2, -0.15) is 0 Å². The molecule has 3 heteroatoms. The largest absolute Gasteiger partial charge is 0.313 e. The highest BCUT2D eigenvalue weighted by atomic mass is 15.2. The Kier molecular flexibility index (Phi) is 7.09. The van der Waals surface area contributed by atoms with Gasteiger partial charge in [-0.1, -0.05) is 20.8 Å². The molecule has 0 aromatic heterocycles. The maximum Gasteiger partial charge on any atom is 0.0215 e. The normalized spacial score (nSPS) is 19.4. The fraction of sp³-hybridized carbons (Fsp3) is 1.00. The Morgan fingerprint density at radius 1 is 1.24 bits per heavy atom. The average molecular weight is 241 g/mol. The summed E-state index contributed by atoms with van der Waals surface area (Å²) in [7, 11) is 2.27. The molecule has 0 aromatic carbocycles. The molecule has 1 N–H and O–H groups in total. The van der Waals surface area contributed by atoms with Crippen LogP contribution in [0.2, 0.25) is 0 Å². The van der Waals surface area contributed by atoms with Gasteiger partial charge in [0.2, 0.25) is 0 Å². The molecule has 17 heavy (non-hydrogen) atoms. The zero-order chi connectivity index (χ0) is 12.7. The minimum Gasteiger partial charge on any atom is -0.313 e. The summed E-state index contributed by atoms with van der Waals surface area (Å²) >= 11 is 0. The van der Waals surface area contributed by atoms with Gasteiger partial charge in [0.05, 0.1) is 0 Å². The van der Waals surface area contributed by atoms with E-state index in [1.165, 1.54) is 45.4 Å². The molecule has 0 saturated carbocycles. The summed E-state index contributed by atoms with van der Waals surface area (Å²) in [5, 5.41) is 3.55. The van der Waals surface area contributed by atoms with Crippen molar-refractivity contribution in [1.29, 1.82) is 0 Å². The van der Waals surface area contributed by atoms with Gasteiger partial charge in [-0.3, -0.25) is 0 Å². The number of rotatable bonds is 8. The Balaban J connectivity index is 2.19. The summed E-state index contributed by atoms with van der Waals surface area (Å²) in [6.07, 6.45) is 4.03. The van der Waals surface area contributed by atoms with Crippen LogP contribution in [0.4, 0.5) is 0 Å². The standard InChI is InChI=1S/C14H31N3/c1-5-14(12-15-13(2)3)16(4)10-11-17-8-6-7-9-17/h13-15H,5-12H2,1-4H3. The molecule has 0 radical (unpaired) electrons. The molecule has 0 spiro atoms. The second-order valence-corrected chi connectivity index (χ2v) is 5.65. The van der Waals surface area contributed by atoms with Gasteiger partial charge in [-0.25, -0.2) is 0 Å². The van der Waals surface area contributed by atoms with Gasteiger partial charge in [0, 0.05) is 31.7 Å². The van der Waals surface area contributed by atoms with Crippen LogP contribution in [-0.2, 0) is 0 Å². The molecule has 102 valence electrons. The van der Waals surface area contributed by atoms with Crippen molar-refractivity contribution < 1.29 is 0 Å². The van der Waals surface area contributed by atoms with Crippen molar-refractivity contribution in [3.63, 3.8) is 0 Å². The van der Waals surface area contributed by atoms with Crippen molar-refractivity contribution in [3.8, 4) is 0 Å². The van der Waals surface area contributed by atoms with Crippen LogP contribution in [0.3, 0.4) is 0 Å². The maximum absolute atomic E-state index is 3.55. The summed E-state index contributed by atoms with van der Waals surface area (Å²) < 4.78 is 0. The highest BCUT2D eigenvalue weighted by Gasteiger charge is 2.16. The number of likely N-dealkylation sites (tertiary alicyclic amines) is 1. The lowest BCUT2D eigenvalue weighted by atomic mass is 10.2. The van der Waals surface area contributed by atoms with E-state index in [0.717, 1.165) is 6.54 Å². The van der Waals surface area contributed by atoms with Crippen LogP contribution in [0.1, 0.15) is 40.0 Å². The maximum atomic E-state index is 3.55. The highest BCUT2D eigenvalue weighted by Crippen LogP contribution is 2.08. The molecule has 0 aromatic rings. The van der Waals surface area contributed by atoms with Crippen molar-refractivity contribution >= 4 is 0 Å². The lowest BCUT2D eigenvalue weighted by Crippen LogP contribution is -2.44. The lowest BCUT2D eigenvalue weighted by molar-refractivity contribution is 0.195. The lowest BCUT2D eigenvalue weighted by Gasteiger charge is -2.29. The van der Waals surface area contributed by atoms with Crippen LogP contribution in [0, 0.1) is 0 Å². The minimum atomic E-state index is 0.594. The van der Waals surface area contributed by atoms with Crippen molar-refractivity contribution in [1.82, 2.24) is 15.1 Å². The number of hydrogen-bond acceptors (Lipinski definition) is 3. The monoisotopic (exact) mass is 241 g/mol. The average Bonchev–Trinajstić information content (AvgIpc) is 2.79. The SMILES string of the molecule is CCC(CNC(C)C)N(C)CCN1CCCC1. The van der Waals surface area contributed by atoms with E-state index >= 15 is 0 Å². The van der Waals surface area contributed by atoms with E-state index in [1.54, 1.807) is 0 Å². The van der Waals surface area contributed by atoms with Crippen LogP contribution in [-0.4, -0.2) is 61.7 Å². The minimum absolute atomic E-state index is 0.594. The molecule has 1 aliphatic heterocycles. The van der Waals surface area contributed by atoms with Crippen LogP contribution in [0.5, 0.6) is 0 Å². The third kappa shape index (κ3) is 5.84. The Morgan fingerprint density at radius 3 is 2.41 bits per heavy atom. The highest BCUT2D eigenvalue weighted by molar-refractivity contribution is 4.74. The molecule has 0 aliphatic carbocycles. The number of nitrogens with zero attached hydrogens (tertiary/aromatic N) is 2. The Hall–Kier alpha value is -0.120. The zero-order valence-electron chi connectivity index (χ0n) is 12.2. The third-order valence-corrected chi connectivity index (χ3v) is 3.82. The molecular weight excluding hydrogens is 210 g/mol. The van der Waals surface area contributed by atoms with Crippen LogP contribution in [0.25, 0.3) is 0 Å². The molecule has 1 heterocycles. The summed E-state index contributed by atoms with van der Waals surface area (Å²) in [6, 6.07) is 1.27. The van der Waals surface area contributed by atoms with Gasteiger partial charge < -0.3 is 15.1 Å². The number of nitrogens with one attached hydrogen (secondary N) is 1. The van der Waals surface area contributed by atoms with E-state index in [0.29, 0.717) is 12.1 Å². The summed E-state index contributed by atoms with van der Waals surface area (Å²) in [5.41, 5.74) is 0. The first-order chi connectivity index (χ1) is 8.13. The van der Waals surface area contributed by atoms with Gasteiger partial charge >= 0.3 is 0 Å². The predicted molar refractivity (Wildman–Crippen MR) is 75.5 cm³/mol. The van der Waals surface area contributed by atoms with Crippen LogP contribution >= 0.6 is 0 Å². The fourth-order valence-electron chi connectivity index (χ4n) is 2.47. The van der Waals surface area contributed by atoms with Crippen molar-refractivity contribution in [2.75, 3.05) is 39.8 Å². The van der Waals surface area contributed by atoms with Gasteiger partial charge in [-0.15, -0.1) is 0 Å². The van der Waals surface area contributed by atoms with Crippen molar-refractivity contribution in [2.45, 2.75) is 52.1 Å². The Labute approximate surface area is 108 Å². The molecule has 0 amide bonds. The van der Waals surface area contributed by atoms with E-state index in [4.69, 9.17) is 0 Å². The molecule has 1 aliphatic rings.